The highest BCUT2D eigenvalue weighted by Crippen LogP contribution is 2.50. The van der Waals surface area contributed by atoms with E-state index in [1.165, 1.54) is 6.07 Å². The first-order valence-corrected chi connectivity index (χ1v) is 5.95. The molecule has 1 aliphatic carbocycles. The van der Waals surface area contributed by atoms with Gasteiger partial charge in [0.05, 0.1) is 0 Å². The minimum absolute atomic E-state index is 0.186. The molecule has 1 heterocycles. The van der Waals surface area contributed by atoms with Crippen molar-refractivity contribution >= 4 is 17.6 Å². The average molecular weight is 254 g/mol. The highest BCUT2D eigenvalue weighted by atomic mass is 19.3. The van der Waals surface area contributed by atoms with Crippen LogP contribution in [0.1, 0.15) is 31.2 Å². The summed E-state index contributed by atoms with van der Waals surface area (Å²) in [7, 11) is 0. The maximum atomic E-state index is 13.7. The van der Waals surface area contributed by atoms with Gasteiger partial charge in [-0.3, -0.25) is 4.99 Å². The first kappa shape index (κ1) is 11.6. The Kier molecular flexibility index (Phi) is 2.24. The lowest BCUT2D eigenvalue weighted by molar-refractivity contribution is -0.0432. The summed E-state index contributed by atoms with van der Waals surface area (Å²) in [6.07, 6.45) is 1.83. The lowest BCUT2D eigenvalue weighted by atomic mass is 9.70. The molecular formula is C13H13F3N2. The lowest BCUT2D eigenvalue weighted by Gasteiger charge is -2.35. The fourth-order valence-electron chi connectivity index (χ4n) is 2.85. The molecule has 1 aromatic carbocycles. The van der Waals surface area contributed by atoms with Crippen LogP contribution in [0.2, 0.25) is 0 Å². The number of nitrogens with zero attached hydrogens (tertiary/aromatic N) is 1. The molecule has 1 aromatic rings. The number of alkyl halides is 2. The Labute approximate surface area is 103 Å². The number of nitrogen functional groups attached to an aromatic ring is 1. The van der Waals surface area contributed by atoms with Gasteiger partial charge in [0, 0.05) is 30.2 Å². The van der Waals surface area contributed by atoms with E-state index in [0.717, 1.165) is 0 Å². The Hall–Kier alpha value is -1.52. The number of hydrogen-bond acceptors (Lipinski definition) is 2. The number of fused-ring (bicyclic) bond motifs is 2. The van der Waals surface area contributed by atoms with Gasteiger partial charge in [0.15, 0.2) is 5.82 Å². The van der Waals surface area contributed by atoms with Gasteiger partial charge in [-0.1, -0.05) is 0 Å². The summed E-state index contributed by atoms with van der Waals surface area (Å²) in [6, 6.07) is 2.88. The molecule has 5 heteroatoms. The molecule has 0 aromatic heterocycles. The maximum absolute atomic E-state index is 13.7. The van der Waals surface area contributed by atoms with Gasteiger partial charge in [0.1, 0.15) is 5.69 Å². The fourth-order valence-corrected chi connectivity index (χ4v) is 2.85. The van der Waals surface area contributed by atoms with Crippen molar-refractivity contribution in [3.63, 3.8) is 0 Å². The number of anilines is 1. The van der Waals surface area contributed by atoms with Crippen LogP contribution in [0.25, 0.3) is 0 Å². The van der Waals surface area contributed by atoms with Crippen LogP contribution in [0.4, 0.5) is 24.5 Å². The molecule has 2 aliphatic rings. The van der Waals surface area contributed by atoms with Gasteiger partial charge < -0.3 is 5.73 Å². The third-order valence-electron chi connectivity index (χ3n) is 3.94. The first-order valence-electron chi connectivity index (χ1n) is 5.95. The SMILES string of the molecule is Nc1cc(F)c2c(c1)C1(C=N2)CCC(F)(F)CC1. The average Bonchev–Trinajstić information content (AvgIpc) is 2.63. The van der Waals surface area contributed by atoms with Gasteiger partial charge in [-0.15, -0.1) is 0 Å². The van der Waals surface area contributed by atoms with E-state index >= 15 is 0 Å². The highest BCUT2D eigenvalue weighted by molar-refractivity contribution is 5.86. The van der Waals surface area contributed by atoms with Gasteiger partial charge in [0.25, 0.3) is 0 Å². The number of nitrogens with two attached hydrogens (primary N) is 1. The van der Waals surface area contributed by atoms with Gasteiger partial charge in [-0.05, 0) is 30.5 Å². The zero-order valence-corrected chi connectivity index (χ0v) is 9.72. The number of hydrogen-bond donors (Lipinski definition) is 1. The Morgan fingerprint density at radius 2 is 1.78 bits per heavy atom. The van der Waals surface area contributed by atoms with Crippen molar-refractivity contribution < 1.29 is 13.2 Å². The molecule has 2 nitrogen and oxygen atoms in total. The predicted octanol–water partition coefficient (Wildman–Crippen LogP) is 3.57. The van der Waals surface area contributed by atoms with Crippen molar-refractivity contribution in [2.75, 3.05) is 5.73 Å². The maximum Gasteiger partial charge on any atom is 0.248 e. The van der Waals surface area contributed by atoms with Crippen LogP contribution in [-0.4, -0.2) is 12.1 Å². The summed E-state index contributed by atoms with van der Waals surface area (Å²) in [6.45, 7) is 0. The van der Waals surface area contributed by atoms with E-state index in [-0.39, 0.29) is 18.5 Å². The predicted molar refractivity (Wildman–Crippen MR) is 64.1 cm³/mol. The standard InChI is InChI=1S/C13H13F3N2/c14-10-6-8(17)5-9-11(10)18-7-12(9)1-3-13(15,16)4-2-12/h5-7H,1-4,17H2. The van der Waals surface area contributed by atoms with Crippen LogP contribution in [0.5, 0.6) is 0 Å². The van der Waals surface area contributed by atoms with Gasteiger partial charge in [-0.25, -0.2) is 13.2 Å². The number of aliphatic imine (C=N–C) groups is 1. The summed E-state index contributed by atoms with van der Waals surface area (Å²) >= 11 is 0. The van der Waals surface area contributed by atoms with Crippen LogP contribution in [0, 0.1) is 5.82 Å². The number of benzene rings is 1. The molecule has 0 atom stereocenters. The molecule has 0 bridgehead atoms. The van der Waals surface area contributed by atoms with Crippen LogP contribution >= 0.6 is 0 Å². The zero-order valence-electron chi connectivity index (χ0n) is 9.72. The summed E-state index contributed by atoms with van der Waals surface area (Å²) in [4.78, 5) is 4.06. The van der Waals surface area contributed by atoms with Crippen molar-refractivity contribution in [1.82, 2.24) is 0 Å². The second-order valence-corrected chi connectivity index (χ2v) is 5.17. The third kappa shape index (κ3) is 1.61. The topological polar surface area (TPSA) is 38.4 Å². The van der Waals surface area contributed by atoms with Crippen molar-refractivity contribution in [2.45, 2.75) is 37.0 Å². The number of halogens is 3. The summed E-state index contributed by atoms with van der Waals surface area (Å²) in [5, 5.41) is 0. The minimum Gasteiger partial charge on any atom is -0.399 e. The molecule has 1 saturated carbocycles. The molecule has 3 rings (SSSR count). The third-order valence-corrected chi connectivity index (χ3v) is 3.94. The van der Waals surface area contributed by atoms with Gasteiger partial charge in [-0.2, -0.15) is 0 Å². The van der Waals surface area contributed by atoms with E-state index < -0.39 is 17.2 Å². The van der Waals surface area contributed by atoms with E-state index in [4.69, 9.17) is 5.73 Å². The van der Waals surface area contributed by atoms with Crippen molar-refractivity contribution in [3.8, 4) is 0 Å². The lowest BCUT2D eigenvalue weighted by Crippen LogP contribution is -2.36. The Morgan fingerprint density at radius 3 is 2.44 bits per heavy atom. The molecule has 0 saturated heterocycles. The van der Waals surface area contributed by atoms with E-state index in [1.807, 2.05) is 0 Å². The van der Waals surface area contributed by atoms with Crippen LogP contribution in [0.15, 0.2) is 17.1 Å². The first-order chi connectivity index (χ1) is 8.42. The minimum atomic E-state index is -2.61. The van der Waals surface area contributed by atoms with Gasteiger partial charge in [0.2, 0.25) is 5.92 Å². The normalized spacial score (nSPS) is 23.3. The zero-order chi connectivity index (χ0) is 13.0. The summed E-state index contributed by atoms with van der Waals surface area (Å²) in [5.41, 5.74) is 6.32. The van der Waals surface area contributed by atoms with E-state index in [2.05, 4.69) is 4.99 Å². The molecule has 2 N–H and O–H groups in total. The highest BCUT2D eigenvalue weighted by Gasteiger charge is 2.46. The molecule has 0 unspecified atom stereocenters. The van der Waals surface area contributed by atoms with Crippen molar-refractivity contribution in [3.05, 3.63) is 23.5 Å². The van der Waals surface area contributed by atoms with Crippen molar-refractivity contribution in [2.24, 2.45) is 4.99 Å². The molecule has 1 fully saturated rings. The second kappa shape index (κ2) is 3.49. The molecule has 0 amide bonds. The largest absolute Gasteiger partial charge is 0.399 e. The summed E-state index contributed by atoms with van der Waals surface area (Å²) < 4.78 is 40.2. The smallest absolute Gasteiger partial charge is 0.248 e. The van der Waals surface area contributed by atoms with Crippen LogP contribution < -0.4 is 5.73 Å². The number of rotatable bonds is 0. The molecule has 0 radical (unpaired) electrons. The summed E-state index contributed by atoms with van der Waals surface area (Å²) in [5.74, 6) is -3.09. The van der Waals surface area contributed by atoms with E-state index in [1.54, 1.807) is 12.3 Å². The quantitative estimate of drug-likeness (QED) is 0.706. The van der Waals surface area contributed by atoms with Crippen molar-refractivity contribution in [1.29, 1.82) is 0 Å². The molecule has 1 aliphatic heterocycles. The van der Waals surface area contributed by atoms with Crippen LogP contribution in [-0.2, 0) is 5.41 Å². The Balaban J connectivity index is 2.03. The molecular weight excluding hydrogens is 241 g/mol. The Bertz CT molecular complexity index is 527. The van der Waals surface area contributed by atoms with Gasteiger partial charge >= 0.3 is 0 Å². The molecule has 1 spiro atoms. The Morgan fingerprint density at radius 1 is 1.11 bits per heavy atom. The molecule has 96 valence electrons. The van der Waals surface area contributed by atoms with Crippen LogP contribution in [0.3, 0.4) is 0 Å². The van der Waals surface area contributed by atoms with E-state index in [0.29, 0.717) is 24.1 Å². The van der Waals surface area contributed by atoms with E-state index in [9.17, 15) is 13.2 Å². The molecule has 18 heavy (non-hydrogen) atoms. The second-order valence-electron chi connectivity index (χ2n) is 5.17. The fraction of sp³-hybridized carbons (Fsp3) is 0.462. The monoisotopic (exact) mass is 254 g/mol.